The molecule has 0 spiro atoms. The van der Waals surface area contributed by atoms with Gasteiger partial charge in [-0.05, 0) is 61.0 Å². The zero-order valence-corrected chi connectivity index (χ0v) is 42.2. The minimum Gasteiger partial charge on any atom is -0.790 e. The molecule has 7 rings (SSSR count). The maximum absolute atomic E-state index is 15.8. The van der Waals surface area contributed by atoms with E-state index < -0.39 is 60.2 Å². The van der Waals surface area contributed by atoms with Crippen LogP contribution in [0.15, 0.2) is 104 Å². The molecule has 16 nitrogen and oxygen atoms in total. The number of phosphoric acid groups is 1. The summed E-state index contributed by atoms with van der Waals surface area (Å²) >= 11 is 1.20. The van der Waals surface area contributed by atoms with Crippen LogP contribution in [0.25, 0.3) is 6.08 Å². The largest absolute Gasteiger partial charge is 1.00 e. The first-order valence-corrected chi connectivity index (χ1v) is 21.9. The number of hydrogen-bond donors (Lipinski definition) is 0. The molecule has 1 fully saturated rings. The fraction of sp³-hybridized carbons (Fsp3) is 0.222. The molecule has 3 heterocycles. The molecule has 4 aromatic carbocycles. The molecule has 1 saturated heterocycles. The maximum atomic E-state index is 15.8. The Bertz CT molecular complexity index is 2800. The number of fused-ring (bicyclic) bond motifs is 1. The fourth-order valence-corrected chi connectivity index (χ4v) is 8.32. The van der Waals surface area contributed by atoms with Crippen LogP contribution in [0.5, 0.6) is 0 Å². The van der Waals surface area contributed by atoms with E-state index in [9.17, 15) is 42.8 Å². The average Bonchev–Trinajstić information content (AvgIpc) is 3.96. The van der Waals surface area contributed by atoms with Crippen molar-refractivity contribution in [2.24, 2.45) is 0 Å². The van der Waals surface area contributed by atoms with Crippen LogP contribution in [0.1, 0.15) is 71.4 Å². The van der Waals surface area contributed by atoms with E-state index in [1.165, 1.54) is 59.4 Å². The van der Waals surface area contributed by atoms with Crippen LogP contribution in [0, 0.1) is 40.1 Å². The van der Waals surface area contributed by atoms with Gasteiger partial charge in [0.15, 0.2) is 11.9 Å². The normalized spacial score (nSPS) is 16.6. The van der Waals surface area contributed by atoms with Crippen molar-refractivity contribution in [2.45, 2.75) is 49.1 Å². The Kier molecular flexibility index (Phi) is 21.1. The van der Waals surface area contributed by atoms with E-state index in [0.29, 0.717) is 30.1 Å². The maximum Gasteiger partial charge on any atom is 1.00 e. The number of ether oxygens (including phenoxy) is 4. The van der Waals surface area contributed by atoms with Gasteiger partial charge in [-0.1, -0.05) is 42.5 Å². The number of aldehydes is 1. The molecule has 0 saturated carbocycles. The number of cyclic esters (lactones) is 1. The number of aromatic nitrogens is 3. The standard InChI is InChI=1S/C36H31F3N5O8PS.C9H6O3.2Na/c1-23(54-29-18-49-34(50-19-29)5-3-2-4-26-8-6-25(16-41)13-32(26)38)36(20-44-22-42-21-43-44,31-11-10-28(37)14-33(31)39)52-35(45)30-12-24(15-40)7-9-27(30)17-51-53(46,47)48;10-4-6-1-2-7-5-12-9(11)8(7)3-6;;/h2-14,21-23,29,34H,17-20H2,1H3,(H2,46,47,48);1-4H,5H2;;/q;;2*+1/p-2/b4-2+,5-3+;;;/t23-,29?,34?,36-;;;/m1.../s1. The number of rotatable bonds is 15. The van der Waals surface area contributed by atoms with Crippen LogP contribution in [0.3, 0.4) is 0 Å². The fourth-order valence-electron chi connectivity index (χ4n) is 6.66. The Morgan fingerprint density at radius 1 is 1.00 bits per heavy atom. The summed E-state index contributed by atoms with van der Waals surface area (Å²) in [5.41, 5.74) is -0.363. The van der Waals surface area contributed by atoms with Crippen LogP contribution >= 0.6 is 19.6 Å². The quantitative estimate of drug-likeness (QED) is 0.0436. The monoisotopic (exact) mass is 987 g/mol. The SMILES string of the molecule is C[C@@H](SC1COC(/C=C/C=C/c2ccc(C#N)cc2F)OC1)[C@@](Cn1cncn1)(OC(=O)c1cc(C#N)ccc1COP(=O)([O-])[O-])c1ccc(F)cc1F.O=Cc1ccc2c(c1)C(=O)OC2.[Na+].[Na+]. The second kappa shape index (κ2) is 25.7. The first-order chi connectivity index (χ1) is 31.6. The summed E-state index contributed by atoms with van der Waals surface area (Å²) in [5, 5.41) is 21.3. The first-order valence-electron chi connectivity index (χ1n) is 19.5. The predicted molar refractivity (Wildman–Crippen MR) is 224 cm³/mol. The Labute approximate surface area is 435 Å². The van der Waals surface area contributed by atoms with Crippen LogP contribution in [-0.2, 0) is 53.4 Å². The number of carbonyl (C=O) groups excluding carboxylic acids is 3. The Morgan fingerprint density at radius 2 is 1.72 bits per heavy atom. The molecule has 0 N–H and O–H groups in total. The van der Waals surface area contributed by atoms with Gasteiger partial charge in [0, 0.05) is 33.6 Å². The summed E-state index contributed by atoms with van der Waals surface area (Å²) in [5.74, 6) is -4.00. The van der Waals surface area contributed by atoms with Gasteiger partial charge in [-0.15, -0.1) is 11.8 Å². The second-order valence-corrected chi connectivity index (χ2v) is 17.1. The van der Waals surface area contributed by atoms with Gasteiger partial charge in [0.05, 0.1) is 73.8 Å². The zero-order chi connectivity index (χ0) is 47.4. The molecular weight excluding hydrogens is 953 g/mol. The Hall–Kier alpha value is -4.74. The van der Waals surface area contributed by atoms with E-state index in [2.05, 4.69) is 14.6 Å². The van der Waals surface area contributed by atoms with Crippen LogP contribution in [0.2, 0.25) is 0 Å². The molecule has 5 aromatic rings. The summed E-state index contributed by atoms with van der Waals surface area (Å²) in [4.78, 5) is 61.9. The molecule has 2 aliphatic rings. The van der Waals surface area contributed by atoms with E-state index in [1.807, 2.05) is 12.1 Å². The first kappa shape index (κ1) is 55.9. The van der Waals surface area contributed by atoms with Crippen molar-refractivity contribution in [3.8, 4) is 12.1 Å². The number of hydrogen-bond acceptors (Lipinski definition) is 16. The Morgan fingerprint density at radius 3 is 2.37 bits per heavy atom. The van der Waals surface area contributed by atoms with Crippen LogP contribution < -0.4 is 68.9 Å². The van der Waals surface area contributed by atoms with Gasteiger partial charge < -0.3 is 37.8 Å². The number of thioether (sulfide) groups is 1. The third kappa shape index (κ3) is 14.9. The average molecular weight is 988 g/mol. The zero-order valence-electron chi connectivity index (χ0n) is 36.5. The van der Waals surface area contributed by atoms with Crippen molar-refractivity contribution >= 4 is 43.9 Å². The summed E-state index contributed by atoms with van der Waals surface area (Å²) < 4.78 is 83.8. The van der Waals surface area contributed by atoms with Gasteiger partial charge in [0.2, 0.25) is 0 Å². The third-order valence-corrected chi connectivity index (χ3v) is 11.8. The molecule has 1 aromatic heterocycles. The molecule has 68 heavy (non-hydrogen) atoms. The molecule has 0 bridgehead atoms. The minimum absolute atomic E-state index is 0. The number of nitriles is 2. The van der Waals surface area contributed by atoms with E-state index >= 15 is 4.39 Å². The van der Waals surface area contributed by atoms with E-state index in [-0.39, 0.29) is 118 Å². The summed E-state index contributed by atoms with van der Waals surface area (Å²) in [6, 6.07) is 19.1. The summed E-state index contributed by atoms with van der Waals surface area (Å²) in [7, 11) is -5.48. The Balaban J connectivity index is 0.000000621. The van der Waals surface area contributed by atoms with Crippen molar-refractivity contribution in [1.29, 1.82) is 10.5 Å². The van der Waals surface area contributed by atoms with Gasteiger partial charge in [0.1, 0.15) is 43.0 Å². The van der Waals surface area contributed by atoms with Crippen molar-refractivity contribution in [1.82, 2.24) is 14.8 Å². The number of carbonyl (C=O) groups is 3. The molecule has 0 aliphatic carbocycles. The topological polar surface area (TPSA) is 239 Å². The molecule has 0 amide bonds. The van der Waals surface area contributed by atoms with E-state index in [1.54, 1.807) is 43.4 Å². The molecule has 0 unspecified atom stereocenters. The minimum atomic E-state index is -5.48. The third-order valence-electron chi connectivity index (χ3n) is 9.94. The van der Waals surface area contributed by atoms with Crippen LogP contribution in [-0.4, -0.2) is 63.0 Å². The summed E-state index contributed by atoms with van der Waals surface area (Å²) in [6.07, 6.45) is 8.73. The molecule has 340 valence electrons. The molecular formula is C45H35F3N5Na2O11PS. The number of benzene rings is 4. The molecule has 2 atom stereocenters. The van der Waals surface area contributed by atoms with Crippen molar-refractivity contribution in [2.75, 3.05) is 13.2 Å². The molecule has 2 aliphatic heterocycles. The number of allylic oxidation sites excluding steroid dienone is 2. The second-order valence-electron chi connectivity index (χ2n) is 14.3. The number of nitrogens with zero attached hydrogens (tertiary/aromatic N) is 5. The summed E-state index contributed by atoms with van der Waals surface area (Å²) in [6.45, 7) is 0.993. The van der Waals surface area contributed by atoms with Crippen molar-refractivity contribution < 1.29 is 124 Å². The number of esters is 2. The van der Waals surface area contributed by atoms with E-state index in [4.69, 9.17) is 24.2 Å². The van der Waals surface area contributed by atoms with Crippen LogP contribution in [0.4, 0.5) is 13.2 Å². The van der Waals surface area contributed by atoms with Gasteiger partial charge >= 0.3 is 71.1 Å². The number of phosphoric ester groups is 1. The molecule has 23 heteroatoms. The van der Waals surface area contributed by atoms with Gasteiger partial charge in [0.25, 0.3) is 0 Å². The van der Waals surface area contributed by atoms with Crippen molar-refractivity contribution in [3.63, 3.8) is 0 Å². The van der Waals surface area contributed by atoms with Gasteiger partial charge in [-0.2, -0.15) is 15.6 Å². The smallest absolute Gasteiger partial charge is 0.790 e. The van der Waals surface area contributed by atoms with Gasteiger partial charge in [-0.25, -0.2) is 32.4 Å². The van der Waals surface area contributed by atoms with Gasteiger partial charge in [-0.3, -0.25) is 4.79 Å². The number of halogens is 3. The predicted octanol–water partition coefficient (Wildman–Crippen LogP) is -0.153. The van der Waals surface area contributed by atoms with E-state index in [0.717, 1.165) is 29.8 Å². The molecule has 0 radical (unpaired) electrons. The van der Waals surface area contributed by atoms with Crippen molar-refractivity contribution in [3.05, 3.63) is 171 Å².